The second kappa shape index (κ2) is 6.79. The molecule has 1 fully saturated rings. The molecule has 6 nitrogen and oxygen atoms in total. The number of likely N-dealkylation sites (tertiary alicyclic amines) is 1. The molecule has 22 heavy (non-hydrogen) atoms. The third-order valence-corrected chi connectivity index (χ3v) is 4.06. The quantitative estimate of drug-likeness (QED) is 0.883. The maximum absolute atomic E-state index is 12.0. The fourth-order valence-corrected chi connectivity index (χ4v) is 2.95. The monoisotopic (exact) mass is 302 g/mol. The summed E-state index contributed by atoms with van der Waals surface area (Å²) in [5.41, 5.74) is 2.20. The molecule has 1 aliphatic heterocycles. The zero-order chi connectivity index (χ0) is 15.4. The molecule has 1 atom stereocenters. The van der Waals surface area contributed by atoms with Gasteiger partial charge in [-0.1, -0.05) is 0 Å². The van der Waals surface area contributed by atoms with Gasteiger partial charge < -0.3 is 9.73 Å². The molecule has 0 unspecified atom stereocenters. The molecule has 0 aromatic carbocycles. The first-order valence-corrected chi connectivity index (χ1v) is 7.74. The van der Waals surface area contributed by atoms with Crippen molar-refractivity contribution in [1.29, 1.82) is 0 Å². The molecule has 1 saturated heterocycles. The Kier molecular flexibility index (Phi) is 4.58. The molecule has 6 heteroatoms. The van der Waals surface area contributed by atoms with Crippen molar-refractivity contribution in [2.75, 3.05) is 19.6 Å². The van der Waals surface area contributed by atoms with Crippen LogP contribution < -0.4 is 5.32 Å². The zero-order valence-corrected chi connectivity index (χ0v) is 12.8. The molecule has 0 spiro atoms. The Labute approximate surface area is 129 Å². The van der Waals surface area contributed by atoms with Gasteiger partial charge in [0.2, 0.25) is 5.91 Å². The molecule has 0 bridgehead atoms. The molecule has 0 saturated carbocycles. The first kappa shape index (κ1) is 14.8. The number of hydrogen-bond donors (Lipinski definition) is 2. The smallest absolute Gasteiger partial charge is 0.234 e. The van der Waals surface area contributed by atoms with E-state index >= 15 is 0 Å². The minimum absolute atomic E-state index is 0.0373. The number of carbonyl (C=O) groups excluding carboxylic acids is 1. The maximum atomic E-state index is 12.0. The standard InChI is InChI=1S/C16H22N4O2/c1-12-8-15(19-18-12)13-4-2-6-20(10-13)11-16(21)17-9-14-5-3-7-22-14/h3,5,7-8,13H,2,4,6,9-11H2,1H3,(H,17,21)(H,18,19)/t13-/m1/s1. The highest BCUT2D eigenvalue weighted by Crippen LogP contribution is 2.25. The van der Waals surface area contributed by atoms with Gasteiger partial charge in [0.25, 0.3) is 0 Å². The van der Waals surface area contributed by atoms with Crippen LogP contribution in [0.25, 0.3) is 0 Å². The Hall–Kier alpha value is -2.08. The first-order chi connectivity index (χ1) is 10.7. The van der Waals surface area contributed by atoms with E-state index in [1.807, 2.05) is 19.1 Å². The van der Waals surface area contributed by atoms with E-state index in [0.717, 1.165) is 43.1 Å². The van der Waals surface area contributed by atoms with Crippen LogP contribution in [0.2, 0.25) is 0 Å². The Balaban J connectivity index is 1.48. The largest absolute Gasteiger partial charge is 0.467 e. The number of nitrogens with zero attached hydrogens (tertiary/aromatic N) is 2. The average molecular weight is 302 g/mol. The van der Waals surface area contributed by atoms with E-state index < -0.39 is 0 Å². The number of aromatic nitrogens is 2. The topological polar surface area (TPSA) is 74.2 Å². The Morgan fingerprint density at radius 3 is 3.23 bits per heavy atom. The van der Waals surface area contributed by atoms with E-state index in [2.05, 4.69) is 26.5 Å². The highest BCUT2D eigenvalue weighted by molar-refractivity contribution is 5.77. The van der Waals surface area contributed by atoms with Crippen molar-refractivity contribution >= 4 is 5.91 Å². The van der Waals surface area contributed by atoms with Crippen molar-refractivity contribution in [1.82, 2.24) is 20.4 Å². The number of carbonyl (C=O) groups is 1. The van der Waals surface area contributed by atoms with Crippen LogP contribution in [-0.4, -0.2) is 40.6 Å². The van der Waals surface area contributed by atoms with Gasteiger partial charge in [0.15, 0.2) is 0 Å². The van der Waals surface area contributed by atoms with E-state index in [1.54, 1.807) is 6.26 Å². The van der Waals surface area contributed by atoms with Crippen molar-refractivity contribution < 1.29 is 9.21 Å². The number of rotatable bonds is 5. The minimum atomic E-state index is 0.0373. The lowest BCUT2D eigenvalue weighted by atomic mass is 9.94. The van der Waals surface area contributed by atoms with E-state index in [4.69, 9.17) is 4.42 Å². The van der Waals surface area contributed by atoms with Crippen molar-refractivity contribution in [3.05, 3.63) is 41.6 Å². The van der Waals surface area contributed by atoms with Crippen LogP contribution in [0.4, 0.5) is 0 Å². The van der Waals surface area contributed by atoms with Crippen LogP contribution in [0.1, 0.15) is 35.9 Å². The predicted octanol–water partition coefficient (Wildman–Crippen LogP) is 1.81. The number of amides is 1. The summed E-state index contributed by atoms with van der Waals surface area (Å²) < 4.78 is 5.21. The van der Waals surface area contributed by atoms with E-state index in [-0.39, 0.29) is 5.91 Å². The van der Waals surface area contributed by atoms with Gasteiger partial charge in [0, 0.05) is 18.2 Å². The zero-order valence-electron chi connectivity index (χ0n) is 12.8. The van der Waals surface area contributed by atoms with Crippen molar-refractivity contribution in [3.63, 3.8) is 0 Å². The van der Waals surface area contributed by atoms with Crippen LogP contribution >= 0.6 is 0 Å². The van der Waals surface area contributed by atoms with Crippen molar-refractivity contribution in [3.8, 4) is 0 Å². The van der Waals surface area contributed by atoms with E-state index in [1.165, 1.54) is 0 Å². The van der Waals surface area contributed by atoms with E-state index in [0.29, 0.717) is 19.0 Å². The molecule has 3 heterocycles. The SMILES string of the molecule is Cc1cc([C@@H]2CCCN(CC(=O)NCc3ccco3)C2)n[nH]1. The van der Waals surface area contributed by atoms with Crippen LogP contribution in [0.3, 0.4) is 0 Å². The fraction of sp³-hybridized carbons (Fsp3) is 0.500. The number of furan rings is 1. The van der Waals surface area contributed by atoms with Gasteiger partial charge >= 0.3 is 0 Å². The molecule has 2 N–H and O–H groups in total. The van der Waals surface area contributed by atoms with E-state index in [9.17, 15) is 4.79 Å². The second-order valence-corrected chi connectivity index (χ2v) is 5.91. The number of aromatic amines is 1. The summed E-state index contributed by atoms with van der Waals surface area (Å²) in [6.45, 7) is 4.74. The van der Waals surface area contributed by atoms with Crippen LogP contribution in [0, 0.1) is 6.92 Å². The molecular formula is C16H22N4O2. The normalized spacial score (nSPS) is 19.2. The lowest BCUT2D eigenvalue weighted by Gasteiger charge is -2.31. The Bertz CT molecular complexity index is 605. The number of hydrogen-bond acceptors (Lipinski definition) is 4. The lowest BCUT2D eigenvalue weighted by Crippen LogP contribution is -2.41. The van der Waals surface area contributed by atoms with Gasteiger partial charge in [-0.25, -0.2) is 0 Å². The third-order valence-electron chi connectivity index (χ3n) is 4.06. The van der Waals surface area contributed by atoms with Gasteiger partial charge in [-0.2, -0.15) is 5.10 Å². The number of piperidine rings is 1. The second-order valence-electron chi connectivity index (χ2n) is 5.91. The lowest BCUT2D eigenvalue weighted by molar-refractivity contribution is -0.122. The molecule has 2 aromatic heterocycles. The highest BCUT2D eigenvalue weighted by atomic mass is 16.3. The minimum Gasteiger partial charge on any atom is -0.467 e. The van der Waals surface area contributed by atoms with Gasteiger partial charge in [-0.3, -0.25) is 14.8 Å². The Morgan fingerprint density at radius 2 is 2.50 bits per heavy atom. The van der Waals surface area contributed by atoms with Gasteiger partial charge in [0.1, 0.15) is 5.76 Å². The molecule has 0 aliphatic carbocycles. The summed E-state index contributed by atoms with van der Waals surface area (Å²) in [5, 5.41) is 10.3. The summed E-state index contributed by atoms with van der Waals surface area (Å²) in [7, 11) is 0. The summed E-state index contributed by atoms with van der Waals surface area (Å²) in [5.74, 6) is 1.23. The molecular weight excluding hydrogens is 280 g/mol. The summed E-state index contributed by atoms with van der Waals surface area (Å²) in [6.07, 6.45) is 3.85. The average Bonchev–Trinajstić information content (AvgIpc) is 3.17. The molecule has 1 amide bonds. The molecule has 2 aromatic rings. The Morgan fingerprint density at radius 1 is 1.59 bits per heavy atom. The molecule has 3 rings (SSSR count). The van der Waals surface area contributed by atoms with Crippen LogP contribution in [0.15, 0.2) is 28.9 Å². The molecule has 118 valence electrons. The fourth-order valence-electron chi connectivity index (χ4n) is 2.95. The van der Waals surface area contributed by atoms with Crippen LogP contribution in [-0.2, 0) is 11.3 Å². The predicted molar refractivity (Wildman–Crippen MR) is 82.3 cm³/mol. The maximum Gasteiger partial charge on any atom is 0.234 e. The number of H-pyrrole nitrogens is 1. The third kappa shape index (κ3) is 3.76. The van der Waals surface area contributed by atoms with Gasteiger partial charge in [-0.15, -0.1) is 0 Å². The molecule has 0 radical (unpaired) electrons. The summed E-state index contributed by atoms with van der Waals surface area (Å²) in [6, 6.07) is 5.78. The number of nitrogens with one attached hydrogen (secondary N) is 2. The van der Waals surface area contributed by atoms with Gasteiger partial charge in [0.05, 0.1) is 25.0 Å². The number of aryl methyl sites for hydroxylation is 1. The van der Waals surface area contributed by atoms with Crippen molar-refractivity contribution in [2.24, 2.45) is 0 Å². The highest BCUT2D eigenvalue weighted by Gasteiger charge is 2.24. The molecule has 1 aliphatic rings. The summed E-state index contributed by atoms with van der Waals surface area (Å²) >= 11 is 0. The van der Waals surface area contributed by atoms with Crippen molar-refractivity contribution in [2.45, 2.75) is 32.2 Å². The first-order valence-electron chi connectivity index (χ1n) is 7.74. The summed E-state index contributed by atoms with van der Waals surface area (Å²) in [4.78, 5) is 14.2. The van der Waals surface area contributed by atoms with Crippen LogP contribution in [0.5, 0.6) is 0 Å². The van der Waals surface area contributed by atoms with Gasteiger partial charge in [-0.05, 0) is 44.5 Å².